The third kappa shape index (κ3) is 2.17. The number of pyridine rings is 1. The van der Waals surface area contributed by atoms with Crippen molar-refractivity contribution in [2.24, 2.45) is 4.99 Å². The zero-order valence-corrected chi connectivity index (χ0v) is 11.6. The minimum absolute atomic E-state index is 0.313. The molecule has 3 aromatic rings. The molecule has 102 valence electrons. The molecule has 3 heterocycles. The van der Waals surface area contributed by atoms with Crippen molar-refractivity contribution in [2.45, 2.75) is 12.3 Å². The number of hydrogen-bond acceptors (Lipinski definition) is 2. The molecule has 0 saturated carbocycles. The number of imidazole rings is 1. The maximum atomic E-state index is 4.56. The largest absolute Gasteiger partial charge is 0.303 e. The fourth-order valence-corrected chi connectivity index (χ4v) is 2.76. The second-order valence-corrected chi connectivity index (χ2v) is 5.22. The molecule has 1 aliphatic rings. The Morgan fingerprint density at radius 1 is 1.05 bits per heavy atom. The maximum absolute atomic E-state index is 4.56. The molecule has 4 rings (SSSR count). The van der Waals surface area contributed by atoms with E-state index < -0.39 is 0 Å². The van der Waals surface area contributed by atoms with Crippen molar-refractivity contribution in [1.29, 1.82) is 0 Å². The van der Waals surface area contributed by atoms with Crippen LogP contribution in [0.4, 0.5) is 0 Å². The lowest BCUT2D eigenvalue weighted by Crippen LogP contribution is -2.05. The van der Waals surface area contributed by atoms with Gasteiger partial charge in [-0.25, -0.2) is 4.98 Å². The van der Waals surface area contributed by atoms with E-state index in [0.717, 1.165) is 12.1 Å². The van der Waals surface area contributed by atoms with Crippen molar-refractivity contribution in [3.05, 3.63) is 72.8 Å². The summed E-state index contributed by atoms with van der Waals surface area (Å²) in [4.78, 5) is 8.80. The standard InChI is InChI=1S/C18H15N3/c1-2-5-14(6-3-1)15-8-10-21-17(13-20-18(21)11-15)16-7-4-9-19-12-16/h1-6,8-13,16H,7H2. The van der Waals surface area contributed by atoms with Crippen LogP contribution >= 0.6 is 0 Å². The van der Waals surface area contributed by atoms with Crippen LogP contribution in [-0.4, -0.2) is 15.6 Å². The number of aromatic nitrogens is 2. The number of allylic oxidation sites excluding steroid dienone is 1. The van der Waals surface area contributed by atoms with Crippen LogP contribution in [0.1, 0.15) is 18.0 Å². The third-order valence-electron chi connectivity index (χ3n) is 3.88. The van der Waals surface area contributed by atoms with Crippen LogP contribution < -0.4 is 0 Å². The number of rotatable bonds is 2. The average molecular weight is 273 g/mol. The van der Waals surface area contributed by atoms with Crippen molar-refractivity contribution >= 4 is 11.9 Å². The summed E-state index contributed by atoms with van der Waals surface area (Å²) >= 11 is 0. The molecule has 2 aromatic heterocycles. The van der Waals surface area contributed by atoms with E-state index in [9.17, 15) is 0 Å². The Hall–Kier alpha value is -2.68. The van der Waals surface area contributed by atoms with E-state index in [-0.39, 0.29) is 0 Å². The second-order valence-electron chi connectivity index (χ2n) is 5.22. The van der Waals surface area contributed by atoms with Gasteiger partial charge < -0.3 is 4.40 Å². The Morgan fingerprint density at radius 3 is 2.76 bits per heavy atom. The molecular weight excluding hydrogens is 258 g/mol. The van der Waals surface area contributed by atoms with Crippen molar-refractivity contribution in [3.63, 3.8) is 0 Å². The van der Waals surface area contributed by atoms with Gasteiger partial charge in [0.25, 0.3) is 0 Å². The molecule has 0 fully saturated rings. The van der Waals surface area contributed by atoms with Crippen molar-refractivity contribution in [3.8, 4) is 11.1 Å². The van der Waals surface area contributed by atoms with Gasteiger partial charge in [-0.1, -0.05) is 36.4 Å². The molecular formula is C18H15N3. The quantitative estimate of drug-likeness (QED) is 0.692. The highest BCUT2D eigenvalue weighted by molar-refractivity contribution is 5.71. The molecule has 0 bridgehead atoms. The van der Waals surface area contributed by atoms with Gasteiger partial charge in [-0.15, -0.1) is 0 Å². The van der Waals surface area contributed by atoms with Crippen LogP contribution in [0, 0.1) is 0 Å². The maximum Gasteiger partial charge on any atom is 0.137 e. The Bertz CT molecular complexity index is 828. The topological polar surface area (TPSA) is 29.7 Å². The van der Waals surface area contributed by atoms with E-state index in [1.807, 2.05) is 24.7 Å². The molecule has 1 atom stereocenters. The average Bonchev–Trinajstić information content (AvgIpc) is 2.99. The van der Waals surface area contributed by atoms with E-state index in [1.54, 1.807) is 0 Å². The highest BCUT2D eigenvalue weighted by Crippen LogP contribution is 2.25. The third-order valence-corrected chi connectivity index (χ3v) is 3.88. The zero-order chi connectivity index (χ0) is 14.1. The van der Waals surface area contributed by atoms with Crippen molar-refractivity contribution in [1.82, 2.24) is 9.38 Å². The first-order valence-electron chi connectivity index (χ1n) is 7.12. The lowest BCUT2D eigenvalue weighted by molar-refractivity contribution is 0.851. The first kappa shape index (κ1) is 12.1. The van der Waals surface area contributed by atoms with Gasteiger partial charge in [0.05, 0.1) is 5.69 Å². The van der Waals surface area contributed by atoms with Crippen LogP contribution in [0.5, 0.6) is 0 Å². The second kappa shape index (κ2) is 5.02. The predicted octanol–water partition coefficient (Wildman–Crippen LogP) is 4.07. The lowest BCUT2D eigenvalue weighted by Gasteiger charge is -2.12. The first-order chi connectivity index (χ1) is 10.4. The fourth-order valence-electron chi connectivity index (χ4n) is 2.76. The van der Waals surface area contributed by atoms with E-state index in [1.165, 1.54) is 16.8 Å². The minimum atomic E-state index is 0.313. The summed E-state index contributed by atoms with van der Waals surface area (Å²) in [5, 5.41) is 0. The highest BCUT2D eigenvalue weighted by Gasteiger charge is 2.14. The summed E-state index contributed by atoms with van der Waals surface area (Å²) in [5.74, 6) is 0.313. The molecule has 0 N–H and O–H groups in total. The molecule has 0 radical (unpaired) electrons. The van der Waals surface area contributed by atoms with Crippen molar-refractivity contribution in [2.75, 3.05) is 0 Å². The van der Waals surface area contributed by atoms with E-state index in [0.29, 0.717) is 5.92 Å². The number of benzene rings is 1. The highest BCUT2D eigenvalue weighted by atomic mass is 15.0. The molecule has 0 saturated heterocycles. The van der Waals surface area contributed by atoms with Gasteiger partial charge in [-0.2, -0.15) is 0 Å². The van der Waals surface area contributed by atoms with Gasteiger partial charge >= 0.3 is 0 Å². The Kier molecular flexibility index (Phi) is 2.89. The van der Waals surface area contributed by atoms with E-state index >= 15 is 0 Å². The van der Waals surface area contributed by atoms with Gasteiger partial charge in [-0.05, 0) is 29.7 Å². The molecule has 21 heavy (non-hydrogen) atoms. The normalized spacial score (nSPS) is 17.4. The smallest absolute Gasteiger partial charge is 0.137 e. The Morgan fingerprint density at radius 2 is 1.95 bits per heavy atom. The molecule has 1 aliphatic heterocycles. The number of nitrogens with zero attached hydrogens (tertiary/aromatic N) is 3. The summed E-state index contributed by atoms with van der Waals surface area (Å²) < 4.78 is 2.16. The SMILES string of the molecule is C1=CN=CC(c2cnc3cc(-c4ccccc4)ccn23)C1. The zero-order valence-electron chi connectivity index (χ0n) is 11.6. The van der Waals surface area contributed by atoms with Gasteiger partial charge in [0.2, 0.25) is 0 Å². The first-order valence-corrected chi connectivity index (χ1v) is 7.12. The number of fused-ring (bicyclic) bond motifs is 1. The predicted molar refractivity (Wildman–Crippen MR) is 85.6 cm³/mol. The fraction of sp³-hybridized carbons (Fsp3) is 0.111. The molecule has 0 amide bonds. The summed E-state index contributed by atoms with van der Waals surface area (Å²) in [6.45, 7) is 0. The van der Waals surface area contributed by atoms with Gasteiger partial charge in [-0.3, -0.25) is 4.99 Å². The monoisotopic (exact) mass is 273 g/mol. The molecule has 3 nitrogen and oxygen atoms in total. The van der Waals surface area contributed by atoms with Crippen LogP contribution in [0.25, 0.3) is 16.8 Å². The number of aliphatic imine (C=N–C) groups is 1. The molecule has 1 aromatic carbocycles. The molecule has 1 unspecified atom stereocenters. The van der Waals surface area contributed by atoms with Crippen LogP contribution in [0.3, 0.4) is 0 Å². The van der Waals surface area contributed by atoms with Crippen LogP contribution in [-0.2, 0) is 0 Å². The van der Waals surface area contributed by atoms with Crippen LogP contribution in [0.15, 0.2) is 72.1 Å². The van der Waals surface area contributed by atoms with Gasteiger partial charge in [0.1, 0.15) is 5.65 Å². The van der Waals surface area contributed by atoms with Crippen molar-refractivity contribution < 1.29 is 0 Å². The molecule has 0 spiro atoms. The van der Waals surface area contributed by atoms with Gasteiger partial charge in [0, 0.05) is 30.7 Å². The summed E-state index contributed by atoms with van der Waals surface area (Å²) in [6.07, 6.45) is 11.0. The Labute approximate surface area is 123 Å². The molecule has 3 heteroatoms. The Balaban J connectivity index is 1.77. The van der Waals surface area contributed by atoms with Crippen LogP contribution in [0.2, 0.25) is 0 Å². The van der Waals surface area contributed by atoms with Gasteiger partial charge in [0.15, 0.2) is 0 Å². The summed E-state index contributed by atoms with van der Waals surface area (Å²) in [7, 11) is 0. The minimum Gasteiger partial charge on any atom is -0.303 e. The lowest BCUT2D eigenvalue weighted by atomic mass is 10.0. The van der Waals surface area contributed by atoms with E-state index in [4.69, 9.17) is 0 Å². The van der Waals surface area contributed by atoms with E-state index in [2.05, 4.69) is 63.0 Å². The summed E-state index contributed by atoms with van der Waals surface area (Å²) in [6, 6.07) is 14.7. The molecule has 0 aliphatic carbocycles. The number of hydrogen-bond donors (Lipinski definition) is 0. The summed E-state index contributed by atoms with van der Waals surface area (Å²) in [5.41, 5.74) is 4.58.